The Morgan fingerprint density at radius 2 is 0.906 bits per heavy atom. The van der Waals surface area contributed by atoms with Gasteiger partial charge in [0.05, 0.1) is 11.0 Å². The molecule has 3 nitrogen and oxygen atoms in total. The van der Waals surface area contributed by atoms with Crippen LogP contribution in [0.5, 0.6) is 0 Å². The van der Waals surface area contributed by atoms with Gasteiger partial charge in [-0.15, -0.1) is 11.3 Å². The second kappa shape index (κ2) is 14.7. The first-order valence-corrected chi connectivity index (χ1v) is 22.6. The van der Waals surface area contributed by atoms with Crippen molar-refractivity contribution in [2.45, 2.75) is 0 Å². The summed E-state index contributed by atoms with van der Waals surface area (Å²) < 4.78 is 11.4. The lowest BCUT2D eigenvalue weighted by molar-refractivity contribution is 0.670. The Morgan fingerprint density at radius 1 is 0.359 bits per heavy atom. The topological polar surface area (TPSA) is 21.3 Å². The molecule has 0 atom stereocenters. The molecule has 10 aromatic carbocycles. The van der Waals surface area contributed by atoms with Crippen LogP contribution in [0.3, 0.4) is 0 Å². The van der Waals surface area contributed by atoms with Crippen LogP contribution < -0.4 is 4.90 Å². The SMILES string of the molecule is c1ccc(-c2ccc(N(c3ccc(-c4cccc5c4oc4ccccc45)cc3)c3cc(-c4ccc(-n5c6ccccc6c6ccccc65)cc4)c4sc5ccccc5c4c3)cc2)cc1. The number of nitrogens with zero attached hydrogens (tertiary/aromatic N) is 2. The molecule has 13 rings (SSSR count). The van der Waals surface area contributed by atoms with Crippen LogP contribution in [0.2, 0.25) is 0 Å². The molecule has 0 fully saturated rings. The summed E-state index contributed by atoms with van der Waals surface area (Å²) in [7, 11) is 0. The Labute approximate surface area is 373 Å². The predicted molar refractivity (Wildman–Crippen MR) is 272 cm³/mol. The standard InChI is InChI=1S/C60H38N2OS/c1-2-13-39(14-3-1)40-25-31-43(32-26-40)61(44-33-27-41(28-34-44)47-19-12-20-52-50-17-6-10-23-57(50)63-59(47)52)46-37-53(60-54(38-46)51-18-7-11-24-58(51)64-60)42-29-35-45(36-30-42)62-55-21-8-4-15-48(55)49-16-5-9-22-56(49)62/h1-38H. The predicted octanol–water partition coefficient (Wildman–Crippen LogP) is 17.5. The fourth-order valence-corrected chi connectivity index (χ4v) is 11.0. The molecule has 0 aliphatic rings. The molecule has 0 spiro atoms. The fourth-order valence-electron chi connectivity index (χ4n) is 9.79. The van der Waals surface area contributed by atoms with E-state index in [0.29, 0.717) is 0 Å². The molecule has 0 amide bonds. The van der Waals surface area contributed by atoms with Crippen LogP contribution in [0.4, 0.5) is 17.1 Å². The highest BCUT2D eigenvalue weighted by atomic mass is 32.1. The Kier molecular flexibility index (Phi) is 8.40. The first-order valence-electron chi connectivity index (χ1n) is 21.7. The molecule has 300 valence electrons. The number of furan rings is 1. The summed E-state index contributed by atoms with van der Waals surface area (Å²) in [6.45, 7) is 0. The van der Waals surface area contributed by atoms with Crippen LogP contribution in [0, 0.1) is 0 Å². The number of fused-ring (bicyclic) bond motifs is 9. The zero-order valence-corrected chi connectivity index (χ0v) is 35.5. The van der Waals surface area contributed by atoms with E-state index in [1.54, 1.807) is 0 Å². The smallest absolute Gasteiger partial charge is 0.143 e. The highest BCUT2D eigenvalue weighted by molar-refractivity contribution is 7.26. The maximum atomic E-state index is 6.48. The first-order chi connectivity index (χ1) is 31.7. The highest BCUT2D eigenvalue weighted by Crippen LogP contribution is 2.47. The van der Waals surface area contributed by atoms with Crippen LogP contribution in [0.25, 0.3) is 103 Å². The number of anilines is 3. The molecule has 0 N–H and O–H groups in total. The normalized spacial score (nSPS) is 11.8. The van der Waals surface area contributed by atoms with E-state index in [2.05, 4.69) is 228 Å². The molecule has 64 heavy (non-hydrogen) atoms. The molecule has 0 aliphatic heterocycles. The number of rotatable bonds is 7. The van der Waals surface area contributed by atoms with E-state index < -0.39 is 0 Å². The molecule has 0 unspecified atom stereocenters. The lowest BCUT2D eigenvalue weighted by Crippen LogP contribution is -2.10. The maximum absolute atomic E-state index is 6.48. The van der Waals surface area contributed by atoms with E-state index in [9.17, 15) is 0 Å². The Bertz CT molecular complexity index is 3820. The minimum absolute atomic E-state index is 0.903. The van der Waals surface area contributed by atoms with Crippen molar-refractivity contribution in [2.75, 3.05) is 4.90 Å². The summed E-state index contributed by atoms with van der Waals surface area (Å²) >= 11 is 1.87. The largest absolute Gasteiger partial charge is 0.455 e. The Morgan fingerprint density at radius 3 is 1.62 bits per heavy atom. The van der Waals surface area contributed by atoms with Gasteiger partial charge >= 0.3 is 0 Å². The third-order valence-corrected chi connectivity index (χ3v) is 14.0. The van der Waals surface area contributed by atoms with E-state index in [1.807, 2.05) is 23.5 Å². The van der Waals surface area contributed by atoms with Crippen LogP contribution in [-0.4, -0.2) is 4.57 Å². The number of hydrogen-bond acceptors (Lipinski definition) is 3. The zero-order chi connectivity index (χ0) is 42.1. The number of para-hydroxylation sites is 4. The summed E-state index contributed by atoms with van der Waals surface area (Å²) in [6, 6.07) is 83.4. The molecular formula is C60H38N2OS. The lowest BCUT2D eigenvalue weighted by atomic mass is 9.99. The summed E-state index contributed by atoms with van der Waals surface area (Å²) in [6.07, 6.45) is 0. The fraction of sp³-hybridized carbons (Fsp3) is 0. The van der Waals surface area contributed by atoms with Crippen molar-refractivity contribution in [3.8, 4) is 39.1 Å². The molecule has 0 saturated heterocycles. The van der Waals surface area contributed by atoms with E-state index in [4.69, 9.17) is 4.42 Å². The van der Waals surface area contributed by atoms with Crippen molar-refractivity contribution >= 4 is 92.3 Å². The first kappa shape index (κ1) is 36.5. The second-order valence-corrected chi connectivity index (χ2v) is 17.5. The number of thiophene rings is 1. The molecular weight excluding hydrogens is 797 g/mol. The average molecular weight is 835 g/mol. The molecule has 0 radical (unpaired) electrons. The maximum Gasteiger partial charge on any atom is 0.143 e. The van der Waals surface area contributed by atoms with Crippen LogP contribution >= 0.6 is 11.3 Å². The third-order valence-electron chi connectivity index (χ3n) is 12.8. The minimum Gasteiger partial charge on any atom is -0.455 e. The molecule has 3 aromatic heterocycles. The van der Waals surface area contributed by atoms with Gasteiger partial charge in [0.25, 0.3) is 0 Å². The van der Waals surface area contributed by atoms with Gasteiger partial charge in [0, 0.05) is 75.6 Å². The number of aromatic nitrogens is 1. The number of benzene rings is 10. The van der Waals surface area contributed by atoms with Gasteiger partial charge in [-0.05, 0) is 95.1 Å². The lowest BCUT2D eigenvalue weighted by Gasteiger charge is -2.27. The van der Waals surface area contributed by atoms with Gasteiger partial charge < -0.3 is 13.9 Å². The van der Waals surface area contributed by atoms with Gasteiger partial charge in [0.2, 0.25) is 0 Å². The van der Waals surface area contributed by atoms with Gasteiger partial charge in [0.15, 0.2) is 0 Å². The van der Waals surface area contributed by atoms with Gasteiger partial charge in [0.1, 0.15) is 11.2 Å². The average Bonchev–Trinajstić information content (AvgIpc) is 4.05. The summed E-state index contributed by atoms with van der Waals surface area (Å²) in [5.41, 5.74) is 15.6. The van der Waals surface area contributed by atoms with Crippen molar-refractivity contribution in [1.82, 2.24) is 4.57 Å². The quantitative estimate of drug-likeness (QED) is 0.159. The molecule has 0 bridgehead atoms. The van der Waals surface area contributed by atoms with Crippen molar-refractivity contribution in [3.63, 3.8) is 0 Å². The van der Waals surface area contributed by atoms with Gasteiger partial charge in [-0.1, -0.05) is 158 Å². The molecule has 0 saturated carbocycles. The van der Waals surface area contributed by atoms with Crippen molar-refractivity contribution in [3.05, 3.63) is 231 Å². The van der Waals surface area contributed by atoms with Gasteiger partial charge in [-0.2, -0.15) is 0 Å². The third kappa shape index (κ3) is 5.88. The molecule has 4 heteroatoms. The summed E-state index contributed by atoms with van der Waals surface area (Å²) in [5.74, 6) is 0. The summed E-state index contributed by atoms with van der Waals surface area (Å²) in [4.78, 5) is 2.40. The van der Waals surface area contributed by atoms with Gasteiger partial charge in [-0.3, -0.25) is 0 Å². The van der Waals surface area contributed by atoms with Crippen molar-refractivity contribution in [2.24, 2.45) is 0 Å². The second-order valence-electron chi connectivity index (χ2n) is 16.5. The van der Waals surface area contributed by atoms with Gasteiger partial charge in [-0.25, -0.2) is 0 Å². The summed E-state index contributed by atoms with van der Waals surface area (Å²) in [5, 5.41) is 7.30. The molecule has 0 aliphatic carbocycles. The highest BCUT2D eigenvalue weighted by Gasteiger charge is 2.20. The monoisotopic (exact) mass is 834 g/mol. The Hall–Kier alpha value is -8.18. The van der Waals surface area contributed by atoms with Crippen LogP contribution in [0.15, 0.2) is 235 Å². The van der Waals surface area contributed by atoms with E-state index in [0.717, 1.165) is 55.8 Å². The van der Waals surface area contributed by atoms with E-state index >= 15 is 0 Å². The van der Waals surface area contributed by atoms with Crippen molar-refractivity contribution in [1.29, 1.82) is 0 Å². The molecule has 3 heterocycles. The Balaban J connectivity index is 0.979. The van der Waals surface area contributed by atoms with E-state index in [1.165, 1.54) is 64.2 Å². The van der Waals surface area contributed by atoms with Crippen molar-refractivity contribution < 1.29 is 4.42 Å². The zero-order valence-electron chi connectivity index (χ0n) is 34.7. The van der Waals surface area contributed by atoms with Crippen LogP contribution in [-0.2, 0) is 0 Å². The van der Waals surface area contributed by atoms with E-state index in [-0.39, 0.29) is 0 Å². The molecule has 13 aromatic rings. The minimum atomic E-state index is 0.903. The number of hydrogen-bond donors (Lipinski definition) is 0. The van der Waals surface area contributed by atoms with Crippen LogP contribution in [0.1, 0.15) is 0 Å².